The molecule has 2 amide bonds. The van der Waals surface area contributed by atoms with Crippen LogP contribution in [0.5, 0.6) is 0 Å². The van der Waals surface area contributed by atoms with Gasteiger partial charge in [0.15, 0.2) is 5.17 Å². The maximum atomic E-state index is 11.2. The normalized spacial score (nSPS) is 14.7. The molecule has 0 aromatic carbocycles. The van der Waals surface area contributed by atoms with Gasteiger partial charge in [-0.05, 0) is 0 Å². The SMILES string of the molecule is NC(=O)CCC(=O)NC1=NC=CCS1. The highest BCUT2D eigenvalue weighted by molar-refractivity contribution is 8.14. The number of rotatable bonds is 3. The van der Waals surface area contributed by atoms with Gasteiger partial charge in [-0.25, -0.2) is 4.99 Å². The van der Waals surface area contributed by atoms with Gasteiger partial charge in [0, 0.05) is 24.8 Å². The molecule has 3 N–H and O–H groups in total. The van der Waals surface area contributed by atoms with E-state index in [0.29, 0.717) is 5.17 Å². The monoisotopic (exact) mass is 213 g/mol. The van der Waals surface area contributed by atoms with Gasteiger partial charge in [-0.2, -0.15) is 0 Å². The molecule has 1 rings (SSSR count). The first kappa shape index (κ1) is 10.8. The summed E-state index contributed by atoms with van der Waals surface area (Å²) in [5.41, 5.74) is 4.91. The minimum absolute atomic E-state index is 0.0691. The Balaban J connectivity index is 2.29. The van der Waals surface area contributed by atoms with Gasteiger partial charge in [0.1, 0.15) is 0 Å². The number of hydrogen-bond acceptors (Lipinski definition) is 4. The topological polar surface area (TPSA) is 84.5 Å². The van der Waals surface area contributed by atoms with Crippen LogP contribution in [0.15, 0.2) is 17.3 Å². The van der Waals surface area contributed by atoms with Crippen LogP contribution < -0.4 is 11.1 Å². The summed E-state index contributed by atoms with van der Waals surface area (Å²) in [5.74, 6) is 0.0956. The van der Waals surface area contributed by atoms with Gasteiger partial charge in [-0.1, -0.05) is 17.8 Å². The van der Waals surface area contributed by atoms with Crippen molar-refractivity contribution in [2.45, 2.75) is 12.8 Å². The average Bonchev–Trinajstić information content (AvgIpc) is 2.16. The number of amidine groups is 1. The van der Waals surface area contributed by atoms with Crippen molar-refractivity contribution in [1.82, 2.24) is 5.32 Å². The largest absolute Gasteiger partial charge is 0.370 e. The van der Waals surface area contributed by atoms with Gasteiger partial charge < -0.3 is 11.1 Å². The molecule has 0 saturated heterocycles. The van der Waals surface area contributed by atoms with Crippen LogP contribution in [0.2, 0.25) is 0 Å². The Labute approximate surface area is 85.8 Å². The molecule has 5 nitrogen and oxygen atoms in total. The molecule has 0 aromatic heterocycles. The van der Waals surface area contributed by atoms with Crippen LogP contribution in [0, 0.1) is 0 Å². The molecular formula is C8H11N3O2S. The molecule has 1 aliphatic rings. The molecule has 0 aliphatic carbocycles. The summed E-state index contributed by atoms with van der Waals surface area (Å²) in [5, 5.41) is 3.16. The van der Waals surface area contributed by atoms with Crippen molar-refractivity contribution in [2.24, 2.45) is 10.7 Å². The van der Waals surface area contributed by atoms with Crippen molar-refractivity contribution in [2.75, 3.05) is 5.75 Å². The molecule has 1 heterocycles. The maximum Gasteiger partial charge on any atom is 0.226 e. The van der Waals surface area contributed by atoms with E-state index < -0.39 is 5.91 Å². The van der Waals surface area contributed by atoms with E-state index in [9.17, 15) is 9.59 Å². The molecule has 1 aliphatic heterocycles. The number of carbonyl (C=O) groups is 2. The Morgan fingerprint density at radius 2 is 2.36 bits per heavy atom. The lowest BCUT2D eigenvalue weighted by molar-refractivity contribution is -0.124. The van der Waals surface area contributed by atoms with Gasteiger partial charge in [0.2, 0.25) is 11.8 Å². The molecule has 0 aromatic rings. The second-order valence-electron chi connectivity index (χ2n) is 2.64. The Morgan fingerprint density at radius 1 is 1.57 bits per heavy atom. The van der Waals surface area contributed by atoms with E-state index in [1.807, 2.05) is 6.08 Å². The van der Waals surface area contributed by atoms with Crippen molar-refractivity contribution in [3.63, 3.8) is 0 Å². The van der Waals surface area contributed by atoms with E-state index in [-0.39, 0.29) is 18.7 Å². The first-order valence-electron chi connectivity index (χ1n) is 4.12. The first-order valence-corrected chi connectivity index (χ1v) is 5.11. The van der Waals surface area contributed by atoms with Crippen molar-refractivity contribution in [3.8, 4) is 0 Å². The van der Waals surface area contributed by atoms with Crippen molar-refractivity contribution in [1.29, 1.82) is 0 Å². The van der Waals surface area contributed by atoms with Crippen LogP contribution in [-0.4, -0.2) is 22.7 Å². The van der Waals surface area contributed by atoms with E-state index in [1.165, 1.54) is 11.8 Å². The number of thioether (sulfide) groups is 1. The number of nitrogens with zero attached hydrogens (tertiary/aromatic N) is 1. The molecule has 0 bridgehead atoms. The lowest BCUT2D eigenvalue weighted by atomic mass is 10.3. The Hall–Kier alpha value is -1.30. The fourth-order valence-corrected chi connectivity index (χ4v) is 1.48. The van der Waals surface area contributed by atoms with Crippen LogP contribution in [0.1, 0.15) is 12.8 Å². The zero-order chi connectivity index (χ0) is 10.4. The van der Waals surface area contributed by atoms with Crippen LogP contribution in [-0.2, 0) is 9.59 Å². The number of carbonyl (C=O) groups excluding carboxylic acids is 2. The van der Waals surface area contributed by atoms with Gasteiger partial charge >= 0.3 is 0 Å². The fraction of sp³-hybridized carbons (Fsp3) is 0.375. The Bertz CT molecular complexity index is 299. The summed E-state index contributed by atoms with van der Waals surface area (Å²) < 4.78 is 0. The summed E-state index contributed by atoms with van der Waals surface area (Å²) in [7, 11) is 0. The van der Waals surface area contributed by atoms with Crippen LogP contribution in [0.4, 0.5) is 0 Å². The number of hydrogen-bond donors (Lipinski definition) is 2. The Morgan fingerprint density at radius 3 is 2.93 bits per heavy atom. The molecule has 0 atom stereocenters. The van der Waals surface area contributed by atoms with Gasteiger partial charge in [-0.3, -0.25) is 9.59 Å². The van der Waals surface area contributed by atoms with Gasteiger partial charge in [0.25, 0.3) is 0 Å². The van der Waals surface area contributed by atoms with Crippen LogP contribution >= 0.6 is 11.8 Å². The molecule has 0 saturated carbocycles. The van der Waals surface area contributed by atoms with Crippen LogP contribution in [0.3, 0.4) is 0 Å². The highest BCUT2D eigenvalue weighted by atomic mass is 32.2. The predicted molar refractivity (Wildman–Crippen MR) is 55.6 cm³/mol. The highest BCUT2D eigenvalue weighted by Gasteiger charge is 2.08. The molecule has 14 heavy (non-hydrogen) atoms. The number of primary amides is 1. The van der Waals surface area contributed by atoms with Crippen LogP contribution in [0.25, 0.3) is 0 Å². The third-order valence-electron chi connectivity index (χ3n) is 1.46. The van der Waals surface area contributed by atoms with E-state index in [4.69, 9.17) is 5.73 Å². The molecule has 6 heteroatoms. The molecule has 0 unspecified atom stereocenters. The molecule has 0 fully saturated rings. The fourth-order valence-electron chi connectivity index (χ4n) is 0.815. The highest BCUT2D eigenvalue weighted by Crippen LogP contribution is 2.07. The van der Waals surface area contributed by atoms with Crippen molar-refractivity contribution >= 4 is 28.7 Å². The second-order valence-corrected chi connectivity index (χ2v) is 3.65. The van der Waals surface area contributed by atoms with E-state index in [2.05, 4.69) is 10.3 Å². The summed E-state index contributed by atoms with van der Waals surface area (Å²) in [6, 6.07) is 0. The number of nitrogens with one attached hydrogen (secondary N) is 1. The molecular weight excluding hydrogens is 202 g/mol. The minimum Gasteiger partial charge on any atom is -0.370 e. The van der Waals surface area contributed by atoms with Crippen molar-refractivity contribution < 1.29 is 9.59 Å². The quantitative estimate of drug-likeness (QED) is 0.691. The lowest BCUT2D eigenvalue weighted by Crippen LogP contribution is -2.29. The van der Waals surface area contributed by atoms with E-state index in [0.717, 1.165) is 5.75 Å². The molecule has 0 spiro atoms. The standard InChI is InChI=1S/C8H11N3O2S/c9-6(12)2-3-7(13)11-8-10-4-1-5-14-8/h1,4H,2-3,5H2,(H2,9,12)(H,10,11,13). The van der Waals surface area contributed by atoms with Gasteiger partial charge in [0.05, 0.1) is 0 Å². The third-order valence-corrected chi connectivity index (χ3v) is 2.30. The molecule has 76 valence electrons. The predicted octanol–water partition coefficient (Wildman–Crippen LogP) is -0.0154. The lowest BCUT2D eigenvalue weighted by Gasteiger charge is -2.07. The van der Waals surface area contributed by atoms with Crippen molar-refractivity contribution in [3.05, 3.63) is 12.3 Å². The minimum atomic E-state index is -0.474. The van der Waals surface area contributed by atoms with Gasteiger partial charge in [-0.15, -0.1) is 0 Å². The zero-order valence-corrected chi connectivity index (χ0v) is 8.34. The smallest absolute Gasteiger partial charge is 0.226 e. The zero-order valence-electron chi connectivity index (χ0n) is 7.53. The third kappa shape index (κ3) is 4.08. The first-order chi connectivity index (χ1) is 6.68. The summed E-state index contributed by atoms with van der Waals surface area (Å²) in [6.07, 6.45) is 3.71. The second kappa shape index (κ2) is 5.43. The number of amides is 2. The summed E-state index contributed by atoms with van der Waals surface area (Å²) >= 11 is 1.44. The maximum absolute atomic E-state index is 11.2. The van der Waals surface area contributed by atoms with E-state index >= 15 is 0 Å². The average molecular weight is 213 g/mol. The summed E-state index contributed by atoms with van der Waals surface area (Å²) in [6.45, 7) is 0. The van der Waals surface area contributed by atoms with E-state index in [1.54, 1.807) is 6.20 Å². The Kier molecular flexibility index (Phi) is 4.18. The summed E-state index contributed by atoms with van der Waals surface area (Å²) in [4.78, 5) is 25.5. The molecule has 0 radical (unpaired) electrons. The number of nitrogens with two attached hydrogens (primary N) is 1. The number of aliphatic imine (C=N–C) groups is 1.